The molecule has 0 aliphatic carbocycles. The van der Waals surface area contributed by atoms with Crippen LogP contribution in [0.25, 0.3) is 0 Å². The fraction of sp³-hybridized carbons (Fsp3) is 0.500. The average molecular weight is 343 g/mol. The van der Waals surface area contributed by atoms with Crippen molar-refractivity contribution in [3.63, 3.8) is 0 Å². The minimum atomic E-state index is -0.519. The molecule has 5 heteroatoms. The molecular weight excluding hydrogens is 325 g/mol. The summed E-state index contributed by atoms with van der Waals surface area (Å²) < 4.78 is 0.889. The third-order valence-electron chi connectivity index (χ3n) is 2.59. The molecule has 2 atom stereocenters. The molecule has 1 aromatic rings. The topological polar surface area (TPSA) is 46.2 Å². The molecule has 0 aliphatic rings. The number of aliphatic hydroxyl groups excluding tert-OH is 1. The lowest BCUT2D eigenvalue weighted by atomic mass is 9.98. The Morgan fingerprint density at radius 1 is 1.47 bits per heavy atom. The van der Waals surface area contributed by atoms with Crippen molar-refractivity contribution < 1.29 is 5.11 Å². The standard InChI is InChI=1S/C12H17BrClNO.ClH/c1-2-3-4-11(16)12(15)9-7-8(14)5-6-10(9)13;/h5-7,11-12,16H,2-4,15H2,1H3;1H/t11-,12+;/m0./s1. The fourth-order valence-electron chi connectivity index (χ4n) is 1.57. The molecule has 0 spiro atoms. The molecule has 2 nitrogen and oxygen atoms in total. The lowest BCUT2D eigenvalue weighted by Gasteiger charge is -2.20. The van der Waals surface area contributed by atoms with E-state index < -0.39 is 6.10 Å². The van der Waals surface area contributed by atoms with Crippen LogP contribution in [0.15, 0.2) is 22.7 Å². The Hall–Kier alpha value is 0.200. The van der Waals surface area contributed by atoms with Gasteiger partial charge in [-0.25, -0.2) is 0 Å². The molecule has 1 aromatic carbocycles. The van der Waals surface area contributed by atoms with E-state index in [0.717, 1.165) is 29.3 Å². The predicted octanol–water partition coefficient (Wildman–Crippen LogP) is 4.08. The second-order valence-electron chi connectivity index (χ2n) is 3.90. The Morgan fingerprint density at radius 2 is 2.12 bits per heavy atom. The molecule has 0 aliphatic heterocycles. The molecule has 0 aromatic heterocycles. The van der Waals surface area contributed by atoms with E-state index in [2.05, 4.69) is 22.9 Å². The van der Waals surface area contributed by atoms with Gasteiger partial charge in [0, 0.05) is 9.50 Å². The van der Waals surface area contributed by atoms with Gasteiger partial charge >= 0.3 is 0 Å². The van der Waals surface area contributed by atoms with Gasteiger partial charge in [0.1, 0.15) is 0 Å². The number of nitrogens with two attached hydrogens (primary N) is 1. The van der Waals surface area contributed by atoms with E-state index >= 15 is 0 Å². The van der Waals surface area contributed by atoms with Crippen LogP contribution in [0.4, 0.5) is 0 Å². The lowest BCUT2D eigenvalue weighted by Crippen LogP contribution is -2.26. The summed E-state index contributed by atoms with van der Waals surface area (Å²) in [5.41, 5.74) is 6.87. The first-order valence-corrected chi connectivity index (χ1v) is 6.62. The molecule has 0 amide bonds. The van der Waals surface area contributed by atoms with Gasteiger partial charge in [0.2, 0.25) is 0 Å². The SMILES string of the molecule is CCCC[C@H](O)[C@H](N)c1cc(Cl)ccc1Br.Cl. The fourth-order valence-corrected chi connectivity index (χ4v) is 2.26. The van der Waals surface area contributed by atoms with E-state index in [0.29, 0.717) is 5.02 Å². The molecule has 1 rings (SSSR count). The smallest absolute Gasteiger partial charge is 0.0733 e. The quantitative estimate of drug-likeness (QED) is 0.847. The summed E-state index contributed by atoms with van der Waals surface area (Å²) in [5.74, 6) is 0. The van der Waals surface area contributed by atoms with Gasteiger partial charge in [-0.15, -0.1) is 12.4 Å². The lowest BCUT2D eigenvalue weighted by molar-refractivity contribution is 0.132. The van der Waals surface area contributed by atoms with Gasteiger partial charge in [0.15, 0.2) is 0 Å². The van der Waals surface area contributed by atoms with Gasteiger partial charge in [-0.05, 0) is 30.2 Å². The van der Waals surface area contributed by atoms with Crippen LogP contribution in [0.5, 0.6) is 0 Å². The number of rotatable bonds is 5. The number of benzene rings is 1. The number of aliphatic hydroxyl groups is 1. The van der Waals surface area contributed by atoms with Crippen molar-refractivity contribution in [2.75, 3.05) is 0 Å². The van der Waals surface area contributed by atoms with Crippen LogP contribution >= 0.6 is 39.9 Å². The van der Waals surface area contributed by atoms with Crippen LogP contribution in [0, 0.1) is 0 Å². The summed E-state index contributed by atoms with van der Waals surface area (Å²) in [6.07, 6.45) is 2.24. The van der Waals surface area contributed by atoms with Crippen molar-refractivity contribution >= 4 is 39.9 Å². The van der Waals surface area contributed by atoms with Crippen LogP contribution in [0.1, 0.15) is 37.8 Å². The highest BCUT2D eigenvalue weighted by Gasteiger charge is 2.18. The summed E-state index contributed by atoms with van der Waals surface area (Å²) in [6, 6.07) is 5.05. The zero-order valence-corrected chi connectivity index (χ0v) is 12.9. The van der Waals surface area contributed by atoms with E-state index in [1.165, 1.54) is 0 Å². The number of halogens is 3. The van der Waals surface area contributed by atoms with Gasteiger partial charge in [0.05, 0.1) is 12.1 Å². The minimum Gasteiger partial charge on any atom is -0.391 e. The summed E-state index contributed by atoms with van der Waals surface area (Å²) in [4.78, 5) is 0. The van der Waals surface area contributed by atoms with Crippen molar-refractivity contribution in [3.8, 4) is 0 Å². The van der Waals surface area contributed by atoms with Gasteiger partial charge in [-0.2, -0.15) is 0 Å². The predicted molar refractivity (Wildman–Crippen MR) is 78.9 cm³/mol. The Labute approximate surface area is 122 Å². The van der Waals surface area contributed by atoms with Gasteiger partial charge in [-0.1, -0.05) is 47.3 Å². The van der Waals surface area contributed by atoms with Crippen molar-refractivity contribution in [2.45, 2.75) is 38.3 Å². The first kappa shape index (κ1) is 17.2. The highest BCUT2D eigenvalue weighted by molar-refractivity contribution is 9.10. The monoisotopic (exact) mass is 341 g/mol. The Bertz CT molecular complexity index is 349. The maximum Gasteiger partial charge on any atom is 0.0733 e. The van der Waals surface area contributed by atoms with Crippen LogP contribution in [0.3, 0.4) is 0 Å². The Kier molecular flexibility index (Phi) is 8.43. The molecule has 0 bridgehead atoms. The Balaban J connectivity index is 0.00000256. The Morgan fingerprint density at radius 3 is 2.71 bits per heavy atom. The minimum absolute atomic E-state index is 0. The summed E-state index contributed by atoms with van der Waals surface area (Å²) in [5, 5.41) is 10.6. The van der Waals surface area contributed by atoms with Crippen molar-refractivity contribution in [1.82, 2.24) is 0 Å². The zero-order valence-electron chi connectivity index (χ0n) is 9.70. The van der Waals surface area contributed by atoms with Gasteiger partial charge in [-0.3, -0.25) is 0 Å². The average Bonchev–Trinajstić information content (AvgIpc) is 2.28. The van der Waals surface area contributed by atoms with Crippen LogP contribution in [0.2, 0.25) is 5.02 Å². The third kappa shape index (κ3) is 5.14. The summed E-state index contributed by atoms with van der Waals surface area (Å²) in [6.45, 7) is 2.09. The molecule has 0 heterocycles. The molecule has 0 radical (unpaired) electrons. The molecular formula is C12H18BrCl2NO. The summed E-state index contributed by atoms with van der Waals surface area (Å²) >= 11 is 9.33. The highest BCUT2D eigenvalue weighted by Crippen LogP contribution is 2.28. The van der Waals surface area contributed by atoms with E-state index in [1.807, 2.05) is 6.07 Å². The summed E-state index contributed by atoms with van der Waals surface area (Å²) in [7, 11) is 0. The maximum atomic E-state index is 9.93. The maximum absolute atomic E-state index is 9.93. The van der Waals surface area contributed by atoms with Crippen LogP contribution in [-0.2, 0) is 0 Å². The van der Waals surface area contributed by atoms with Crippen molar-refractivity contribution in [2.24, 2.45) is 5.73 Å². The molecule has 0 saturated heterocycles. The largest absolute Gasteiger partial charge is 0.391 e. The van der Waals surface area contributed by atoms with Gasteiger partial charge < -0.3 is 10.8 Å². The van der Waals surface area contributed by atoms with E-state index in [-0.39, 0.29) is 18.4 Å². The van der Waals surface area contributed by atoms with E-state index in [4.69, 9.17) is 17.3 Å². The number of hydrogen-bond donors (Lipinski definition) is 2. The molecule has 0 fully saturated rings. The molecule has 98 valence electrons. The van der Waals surface area contributed by atoms with E-state index in [1.54, 1.807) is 12.1 Å². The first-order chi connectivity index (χ1) is 7.56. The molecule has 0 saturated carbocycles. The zero-order chi connectivity index (χ0) is 12.1. The second-order valence-corrected chi connectivity index (χ2v) is 5.19. The van der Waals surface area contributed by atoms with Gasteiger partial charge in [0.25, 0.3) is 0 Å². The number of unbranched alkanes of at least 4 members (excludes halogenated alkanes) is 1. The second kappa shape index (κ2) is 8.33. The first-order valence-electron chi connectivity index (χ1n) is 5.44. The molecule has 0 unspecified atom stereocenters. The molecule has 3 N–H and O–H groups in total. The number of hydrogen-bond acceptors (Lipinski definition) is 2. The van der Waals surface area contributed by atoms with Crippen LogP contribution in [-0.4, -0.2) is 11.2 Å². The van der Waals surface area contributed by atoms with Crippen LogP contribution < -0.4 is 5.73 Å². The van der Waals surface area contributed by atoms with E-state index in [9.17, 15) is 5.11 Å². The highest BCUT2D eigenvalue weighted by atomic mass is 79.9. The molecule has 17 heavy (non-hydrogen) atoms. The van der Waals surface area contributed by atoms with Crippen molar-refractivity contribution in [1.29, 1.82) is 0 Å². The normalized spacial score (nSPS) is 13.9. The third-order valence-corrected chi connectivity index (χ3v) is 3.54. The van der Waals surface area contributed by atoms with Crippen molar-refractivity contribution in [3.05, 3.63) is 33.3 Å².